The van der Waals surface area contributed by atoms with E-state index in [0.29, 0.717) is 23.6 Å². The summed E-state index contributed by atoms with van der Waals surface area (Å²) in [6.07, 6.45) is 5.64. The average Bonchev–Trinajstić information content (AvgIpc) is 3.28. The van der Waals surface area contributed by atoms with Gasteiger partial charge in [-0.05, 0) is 72.5 Å². The van der Waals surface area contributed by atoms with Crippen molar-refractivity contribution in [3.05, 3.63) is 95.7 Å². The first-order chi connectivity index (χ1) is 14.5. The highest BCUT2D eigenvalue weighted by Crippen LogP contribution is 2.32. The van der Waals surface area contributed by atoms with Crippen LogP contribution in [0, 0.1) is 5.92 Å². The van der Waals surface area contributed by atoms with Gasteiger partial charge >= 0.3 is 0 Å². The fraction of sp³-hybridized carbons (Fsp3) is 0.208. The molecule has 0 radical (unpaired) electrons. The maximum absolute atomic E-state index is 10.8. The Hall–Kier alpha value is -2.86. The molecule has 3 aromatic rings. The lowest BCUT2D eigenvalue weighted by Gasteiger charge is -2.24. The minimum Gasteiger partial charge on any atom is -0.508 e. The van der Waals surface area contributed by atoms with Crippen LogP contribution in [0.4, 0.5) is 0 Å². The number of halogens is 1. The summed E-state index contributed by atoms with van der Waals surface area (Å²) in [5.74, 6) is -0.110. The molecule has 3 rings (SSSR count). The number of hydrogen-bond acceptors (Lipinski definition) is 5. The minimum absolute atomic E-state index is 0.0905. The molecule has 5 nitrogen and oxygen atoms in total. The van der Waals surface area contributed by atoms with Gasteiger partial charge in [0, 0.05) is 12.1 Å². The molecule has 0 saturated carbocycles. The summed E-state index contributed by atoms with van der Waals surface area (Å²) >= 11 is 6.26. The van der Waals surface area contributed by atoms with Crippen LogP contribution < -0.4 is 0 Å². The lowest BCUT2D eigenvalue weighted by atomic mass is 9.89. The molecule has 0 aliphatic rings. The van der Waals surface area contributed by atoms with E-state index in [9.17, 15) is 15.3 Å². The second-order valence-electron chi connectivity index (χ2n) is 6.97. The van der Waals surface area contributed by atoms with Crippen molar-refractivity contribution < 1.29 is 19.7 Å². The fourth-order valence-corrected chi connectivity index (χ4v) is 3.52. The number of furan rings is 1. The number of rotatable bonds is 9. The summed E-state index contributed by atoms with van der Waals surface area (Å²) in [5, 5.41) is 31.3. The Morgan fingerprint density at radius 1 is 1.17 bits per heavy atom. The number of benzene rings is 1. The van der Waals surface area contributed by atoms with Gasteiger partial charge in [-0.15, -0.1) is 6.58 Å². The van der Waals surface area contributed by atoms with Crippen LogP contribution in [-0.4, -0.2) is 26.4 Å². The molecule has 6 heteroatoms. The van der Waals surface area contributed by atoms with E-state index in [1.807, 2.05) is 24.3 Å². The number of aliphatic hydroxyl groups is 2. The molecule has 3 N–H and O–H groups in total. The van der Waals surface area contributed by atoms with Crippen molar-refractivity contribution in [1.29, 1.82) is 0 Å². The highest BCUT2D eigenvalue weighted by molar-refractivity contribution is 6.32. The quantitative estimate of drug-likeness (QED) is 0.407. The van der Waals surface area contributed by atoms with E-state index in [2.05, 4.69) is 11.6 Å². The topological polar surface area (TPSA) is 86.7 Å². The van der Waals surface area contributed by atoms with E-state index < -0.39 is 18.1 Å². The number of aromatic nitrogens is 1. The number of phenolic OH excluding ortho intramolecular Hbond substituents is 1. The van der Waals surface area contributed by atoms with Gasteiger partial charge in [0.15, 0.2) is 0 Å². The molecule has 30 heavy (non-hydrogen) atoms. The maximum Gasteiger partial charge on any atom is 0.132 e. The van der Waals surface area contributed by atoms with Crippen LogP contribution >= 0.6 is 11.6 Å². The average molecular weight is 426 g/mol. The number of aliphatic hydroxyl groups excluding tert-OH is 2. The predicted molar refractivity (Wildman–Crippen MR) is 118 cm³/mol. The highest BCUT2D eigenvalue weighted by Gasteiger charge is 2.27. The molecule has 0 amide bonds. The van der Waals surface area contributed by atoms with Gasteiger partial charge in [-0.2, -0.15) is 0 Å². The van der Waals surface area contributed by atoms with Crippen LogP contribution in [0.3, 0.4) is 0 Å². The monoisotopic (exact) mass is 425 g/mol. The molecule has 0 spiro atoms. The third-order valence-corrected chi connectivity index (χ3v) is 5.26. The van der Waals surface area contributed by atoms with Crippen molar-refractivity contribution >= 4 is 23.3 Å². The summed E-state index contributed by atoms with van der Waals surface area (Å²) < 4.78 is 5.26. The standard InChI is InChI=1S/C24H24ClNO4/c1-2-19(24(29)23-7-5-13-30-23)22(28)11-9-17(21-6-3-4-12-26-21)14-16-8-10-18(27)15-20(16)25/h2-8,10,12-15,19,22,24,27-29H,1,9,11H2/b17-14-/t19-,22-,24+/m1/s1. The highest BCUT2D eigenvalue weighted by atomic mass is 35.5. The first-order valence-electron chi connectivity index (χ1n) is 9.62. The number of allylic oxidation sites excluding steroid dienone is 1. The minimum atomic E-state index is -0.985. The van der Waals surface area contributed by atoms with Gasteiger partial charge in [0.1, 0.15) is 17.6 Å². The van der Waals surface area contributed by atoms with Crippen molar-refractivity contribution in [1.82, 2.24) is 4.98 Å². The molecule has 0 bridgehead atoms. The molecule has 1 aromatic carbocycles. The summed E-state index contributed by atoms with van der Waals surface area (Å²) in [4.78, 5) is 4.41. The first kappa shape index (κ1) is 21.8. The van der Waals surface area contributed by atoms with Crippen LogP contribution in [0.1, 0.15) is 36.0 Å². The third kappa shape index (κ3) is 5.39. The molecule has 2 aromatic heterocycles. The first-order valence-corrected chi connectivity index (χ1v) is 10.00. The summed E-state index contributed by atoms with van der Waals surface area (Å²) in [5.41, 5.74) is 2.37. The van der Waals surface area contributed by atoms with Crippen LogP contribution in [0.5, 0.6) is 5.75 Å². The Morgan fingerprint density at radius 2 is 2.00 bits per heavy atom. The molecule has 156 valence electrons. The Kier molecular flexibility index (Phi) is 7.46. The number of nitrogens with zero attached hydrogens (tertiary/aromatic N) is 1. The molecule has 0 fully saturated rings. The van der Waals surface area contributed by atoms with Gasteiger partial charge in [-0.3, -0.25) is 4.98 Å². The zero-order valence-electron chi connectivity index (χ0n) is 16.4. The van der Waals surface area contributed by atoms with Gasteiger partial charge in [-0.25, -0.2) is 0 Å². The van der Waals surface area contributed by atoms with Crippen LogP contribution in [0.25, 0.3) is 11.6 Å². The molecular formula is C24H24ClNO4. The van der Waals surface area contributed by atoms with E-state index in [-0.39, 0.29) is 5.75 Å². The van der Waals surface area contributed by atoms with Crippen LogP contribution in [-0.2, 0) is 0 Å². The second kappa shape index (κ2) is 10.3. The fourth-order valence-electron chi connectivity index (χ4n) is 3.29. The van der Waals surface area contributed by atoms with Gasteiger partial charge in [-0.1, -0.05) is 23.7 Å². The molecule has 2 heterocycles. The number of pyridine rings is 1. The van der Waals surface area contributed by atoms with Crippen molar-refractivity contribution in [2.75, 3.05) is 0 Å². The van der Waals surface area contributed by atoms with Gasteiger partial charge in [0.25, 0.3) is 0 Å². The van der Waals surface area contributed by atoms with E-state index in [1.165, 1.54) is 12.3 Å². The Labute approximate surface area is 180 Å². The number of phenols is 1. The van der Waals surface area contributed by atoms with Crippen molar-refractivity contribution in [2.45, 2.75) is 25.0 Å². The summed E-state index contributed by atoms with van der Waals surface area (Å²) in [6.45, 7) is 3.76. The largest absolute Gasteiger partial charge is 0.508 e. The molecule has 0 aliphatic carbocycles. The van der Waals surface area contributed by atoms with Crippen molar-refractivity contribution in [3.63, 3.8) is 0 Å². The smallest absolute Gasteiger partial charge is 0.132 e. The van der Waals surface area contributed by atoms with E-state index in [0.717, 1.165) is 16.8 Å². The zero-order chi connectivity index (χ0) is 21.5. The SMILES string of the molecule is C=C[C@H]([C@H](O)CC/C(=C/c1ccc(O)cc1Cl)c1ccccn1)[C@H](O)c1ccco1. The molecule has 3 atom stereocenters. The van der Waals surface area contributed by atoms with Gasteiger partial charge in [0.2, 0.25) is 0 Å². The maximum atomic E-state index is 10.8. The molecule has 0 unspecified atom stereocenters. The van der Waals surface area contributed by atoms with Gasteiger partial charge in [0.05, 0.1) is 23.1 Å². The van der Waals surface area contributed by atoms with Crippen molar-refractivity contribution in [3.8, 4) is 5.75 Å². The van der Waals surface area contributed by atoms with E-state index in [4.69, 9.17) is 16.0 Å². The van der Waals surface area contributed by atoms with Crippen LogP contribution in [0.2, 0.25) is 5.02 Å². The van der Waals surface area contributed by atoms with E-state index >= 15 is 0 Å². The molecule has 0 aliphatic heterocycles. The van der Waals surface area contributed by atoms with Crippen LogP contribution in [0.15, 0.2) is 78.1 Å². The van der Waals surface area contributed by atoms with Gasteiger partial charge < -0.3 is 19.7 Å². The molecular weight excluding hydrogens is 402 g/mol. The number of aromatic hydroxyl groups is 1. The Bertz CT molecular complexity index is 986. The van der Waals surface area contributed by atoms with Crippen molar-refractivity contribution in [2.24, 2.45) is 5.92 Å². The lowest BCUT2D eigenvalue weighted by molar-refractivity contribution is 0.0214. The molecule has 0 saturated heterocycles. The summed E-state index contributed by atoms with van der Waals surface area (Å²) in [6, 6.07) is 13.7. The van der Waals surface area contributed by atoms with E-state index in [1.54, 1.807) is 36.5 Å². The summed E-state index contributed by atoms with van der Waals surface area (Å²) in [7, 11) is 0. The Balaban J connectivity index is 1.81. The third-order valence-electron chi connectivity index (χ3n) is 4.93. The lowest BCUT2D eigenvalue weighted by Crippen LogP contribution is -2.25. The predicted octanol–water partition coefficient (Wildman–Crippen LogP) is 5.25. The zero-order valence-corrected chi connectivity index (χ0v) is 17.1. The Morgan fingerprint density at radius 3 is 2.63 bits per heavy atom. The second-order valence-corrected chi connectivity index (χ2v) is 7.38. The number of hydrogen-bond donors (Lipinski definition) is 3. The normalized spacial score (nSPS) is 14.8.